The number of ketones is 1. The van der Waals surface area contributed by atoms with Crippen molar-refractivity contribution in [1.29, 1.82) is 0 Å². The minimum atomic E-state index is -4.54. The van der Waals surface area contributed by atoms with E-state index in [1.165, 1.54) is 6.92 Å². The van der Waals surface area contributed by atoms with Gasteiger partial charge in [0.15, 0.2) is 12.0 Å². The molecule has 0 spiro atoms. The first-order chi connectivity index (χ1) is 11.7. The van der Waals surface area contributed by atoms with Crippen LogP contribution >= 0.6 is 0 Å². The Morgan fingerprint density at radius 1 is 0.960 bits per heavy atom. The van der Waals surface area contributed by atoms with Crippen LogP contribution in [0.4, 0.5) is 17.6 Å². The normalized spacial score (nSPS) is 13.8. The summed E-state index contributed by atoms with van der Waals surface area (Å²) in [5.41, 5.74) is -0.752. The summed E-state index contributed by atoms with van der Waals surface area (Å²) in [6.45, 7) is 1.19. The van der Waals surface area contributed by atoms with Gasteiger partial charge in [-0.25, -0.2) is 4.39 Å². The molecule has 0 aromatic heterocycles. The first-order valence-corrected chi connectivity index (χ1v) is 7.37. The number of hydrogen-bond acceptors (Lipinski definition) is 2. The van der Waals surface area contributed by atoms with Crippen molar-refractivity contribution in [3.63, 3.8) is 0 Å². The minimum absolute atomic E-state index is 0.202. The number of benzene rings is 2. The van der Waals surface area contributed by atoms with E-state index in [4.69, 9.17) is 0 Å². The smallest absolute Gasteiger partial charge is 0.346 e. The number of carbonyl (C=O) groups excluding carboxylic acids is 2. The molecule has 132 valence electrons. The lowest BCUT2D eigenvalue weighted by molar-refractivity contribution is -0.137. The van der Waals surface area contributed by atoms with Crippen molar-refractivity contribution in [2.75, 3.05) is 0 Å². The molecule has 0 aliphatic heterocycles. The average molecular weight is 353 g/mol. The largest absolute Gasteiger partial charge is 0.416 e. The van der Waals surface area contributed by atoms with Gasteiger partial charge in [-0.05, 0) is 17.7 Å². The van der Waals surface area contributed by atoms with Crippen LogP contribution < -0.4 is 5.32 Å². The van der Waals surface area contributed by atoms with E-state index >= 15 is 0 Å². The zero-order valence-corrected chi connectivity index (χ0v) is 13.2. The zero-order chi connectivity index (χ0) is 18.6. The summed E-state index contributed by atoms with van der Waals surface area (Å²) in [6, 6.07) is 10.1. The fourth-order valence-electron chi connectivity index (χ4n) is 2.34. The van der Waals surface area contributed by atoms with Crippen LogP contribution in [-0.2, 0) is 11.0 Å². The summed E-state index contributed by atoms with van der Waals surface area (Å²) in [4.78, 5) is 23.6. The van der Waals surface area contributed by atoms with Gasteiger partial charge in [0.2, 0.25) is 5.91 Å². The Hall–Kier alpha value is -2.70. The Labute approximate surface area is 141 Å². The van der Waals surface area contributed by atoms with E-state index in [2.05, 4.69) is 5.32 Å². The van der Waals surface area contributed by atoms with Gasteiger partial charge in [-0.3, -0.25) is 9.59 Å². The molecule has 0 fully saturated rings. The summed E-state index contributed by atoms with van der Waals surface area (Å²) < 4.78 is 52.4. The average Bonchev–Trinajstić information content (AvgIpc) is 2.58. The van der Waals surface area contributed by atoms with Gasteiger partial charge in [0, 0.05) is 12.5 Å². The number of rotatable bonds is 5. The molecule has 1 amide bonds. The molecule has 0 aliphatic rings. The van der Waals surface area contributed by atoms with Crippen LogP contribution in [0.5, 0.6) is 0 Å². The highest BCUT2D eigenvalue weighted by molar-refractivity contribution is 6.00. The van der Waals surface area contributed by atoms with Crippen LogP contribution in [0.25, 0.3) is 0 Å². The summed E-state index contributed by atoms with van der Waals surface area (Å²) in [7, 11) is 0. The molecule has 0 bridgehead atoms. The van der Waals surface area contributed by atoms with Gasteiger partial charge >= 0.3 is 6.18 Å². The lowest BCUT2D eigenvalue weighted by atomic mass is 9.95. The number of hydrogen-bond donors (Lipinski definition) is 1. The molecule has 0 radical (unpaired) electrons. The molecule has 0 saturated carbocycles. The fourth-order valence-corrected chi connectivity index (χ4v) is 2.34. The lowest BCUT2D eigenvalue weighted by Gasteiger charge is -2.21. The molecule has 1 N–H and O–H groups in total. The van der Waals surface area contributed by atoms with Crippen molar-refractivity contribution in [3.05, 3.63) is 71.3 Å². The van der Waals surface area contributed by atoms with E-state index in [-0.39, 0.29) is 5.56 Å². The maximum absolute atomic E-state index is 14.7. The maximum Gasteiger partial charge on any atom is 0.416 e. The van der Waals surface area contributed by atoms with Crippen LogP contribution in [0.1, 0.15) is 34.5 Å². The second kappa shape index (κ2) is 7.46. The first kappa shape index (κ1) is 18.6. The number of alkyl halides is 4. The van der Waals surface area contributed by atoms with Crippen LogP contribution in [-0.4, -0.2) is 17.9 Å². The van der Waals surface area contributed by atoms with E-state index in [0.29, 0.717) is 5.56 Å². The minimum Gasteiger partial charge on any atom is -0.346 e. The second-order valence-corrected chi connectivity index (χ2v) is 5.43. The summed E-state index contributed by atoms with van der Waals surface area (Å²) in [5.74, 6) is -1.53. The van der Waals surface area contributed by atoms with Gasteiger partial charge < -0.3 is 5.32 Å². The predicted molar refractivity (Wildman–Crippen MR) is 83.7 cm³/mol. The van der Waals surface area contributed by atoms with Crippen molar-refractivity contribution in [3.8, 4) is 0 Å². The van der Waals surface area contributed by atoms with Gasteiger partial charge in [0.05, 0.1) is 11.6 Å². The Morgan fingerprint density at radius 2 is 1.52 bits per heavy atom. The SMILES string of the molecule is CC(=O)NC(c1ccccc1)C(F)C(=O)c1ccc(C(F)(F)F)cc1. The molecule has 25 heavy (non-hydrogen) atoms. The molecular formula is C18H15F4NO2. The summed E-state index contributed by atoms with van der Waals surface area (Å²) in [6.07, 6.45) is -6.68. The molecule has 7 heteroatoms. The number of amides is 1. The molecule has 3 nitrogen and oxygen atoms in total. The Balaban J connectivity index is 2.27. The zero-order valence-electron chi connectivity index (χ0n) is 13.2. The van der Waals surface area contributed by atoms with E-state index in [9.17, 15) is 27.2 Å². The molecule has 2 rings (SSSR count). The maximum atomic E-state index is 14.7. The van der Waals surface area contributed by atoms with E-state index in [1.54, 1.807) is 30.3 Å². The number of Topliss-reactive ketones (excluding diaryl/α,β-unsaturated/α-hetero) is 1. The van der Waals surface area contributed by atoms with Crippen molar-refractivity contribution < 1.29 is 27.2 Å². The van der Waals surface area contributed by atoms with Crippen LogP contribution in [0.2, 0.25) is 0 Å². The molecule has 0 aliphatic carbocycles. The molecule has 0 heterocycles. The molecule has 2 aromatic rings. The first-order valence-electron chi connectivity index (χ1n) is 7.37. The summed E-state index contributed by atoms with van der Waals surface area (Å²) in [5, 5.41) is 2.37. The third kappa shape index (κ3) is 4.65. The highest BCUT2D eigenvalue weighted by atomic mass is 19.4. The molecule has 2 aromatic carbocycles. The van der Waals surface area contributed by atoms with Gasteiger partial charge in [0.25, 0.3) is 0 Å². The number of nitrogens with one attached hydrogen (secondary N) is 1. The Bertz CT molecular complexity index is 742. The highest BCUT2D eigenvalue weighted by Gasteiger charge is 2.33. The van der Waals surface area contributed by atoms with Crippen molar-refractivity contribution in [2.24, 2.45) is 0 Å². The van der Waals surface area contributed by atoms with Crippen molar-refractivity contribution >= 4 is 11.7 Å². The topological polar surface area (TPSA) is 46.2 Å². The van der Waals surface area contributed by atoms with Crippen molar-refractivity contribution in [2.45, 2.75) is 25.3 Å². The monoisotopic (exact) mass is 353 g/mol. The lowest BCUT2D eigenvalue weighted by Crippen LogP contribution is -2.37. The Kier molecular flexibility index (Phi) is 5.56. The van der Waals surface area contributed by atoms with Gasteiger partial charge in [-0.15, -0.1) is 0 Å². The fraction of sp³-hybridized carbons (Fsp3) is 0.222. The van der Waals surface area contributed by atoms with E-state index in [0.717, 1.165) is 24.3 Å². The summed E-state index contributed by atoms with van der Waals surface area (Å²) >= 11 is 0. The van der Waals surface area contributed by atoms with Gasteiger partial charge in [-0.2, -0.15) is 13.2 Å². The molecule has 2 atom stereocenters. The second-order valence-electron chi connectivity index (χ2n) is 5.43. The van der Waals surface area contributed by atoms with E-state index < -0.39 is 35.6 Å². The quantitative estimate of drug-likeness (QED) is 0.650. The number of carbonyl (C=O) groups is 2. The standard InChI is InChI=1S/C18H15F4NO2/c1-11(24)23-16(12-5-3-2-4-6-12)15(19)17(25)13-7-9-14(10-8-13)18(20,21)22/h2-10,15-16H,1H3,(H,23,24). The van der Waals surface area contributed by atoms with Crippen LogP contribution in [0.3, 0.4) is 0 Å². The highest BCUT2D eigenvalue weighted by Crippen LogP contribution is 2.30. The Morgan fingerprint density at radius 3 is 2.00 bits per heavy atom. The van der Waals surface area contributed by atoms with Crippen LogP contribution in [0, 0.1) is 0 Å². The molecular weight excluding hydrogens is 338 g/mol. The molecule has 0 saturated heterocycles. The third-order valence-electron chi connectivity index (χ3n) is 3.56. The van der Waals surface area contributed by atoms with Gasteiger partial charge in [0.1, 0.15) is 0 Å². The van der Waals surface area contributed by atoms with Crippen LogP contribution in [0.15, 0.2) is 54.6 Å². The van der Waals surface area contributed by atoms with Crippen molar-refractivity contribution in [1.82, 2.24) is 5.32 Å². The van der Waals surface area contributed by atoms with E-state index in [1.807, 2.05) is 0 Å². The predicted octanol–water partition coefficient (Wildman–Crippen LogP) is 4.10. The molecule has 2 unspecified atom stereocenters. The number of halogens is 4. The third-order valence-corrected chi connectivity index (χ3v) is 3.56. The van der Waals surface area contributed by atoms with Gasteiger partial charge in [-0.1, -0.05) is 42.5 Å².